The molecular formula is C17H25N3O. The first-order valence-corrected chi connectivity index (χ1v) is 8.03. The molecule has 21 heavy (non-hydrogen) atoms. The molecule has 0 saturated carbocycles. The molecule has 1 aliphatic rings. The fourth-order valence-corrected chi connectivity index (χ4v) is 3.57. The molecular weight excluding hydrogens is 262 g/mol. The zero-order valence-corrected chi connectivity index (χ0v) is 13.3. The van der Waals surface area contributed by atoms with Crippen LogP contribution in [0, 0.1) is 0 Å². The van der Waals surface area contributed by atoms with Crippen LogP contribution in [0.1, 0.15) is 32.3 Å². The number of benzene rings is 1. The topological polar surface area (TPSA) is 30.3 Å². The zero-order valence-electron chi connectivity index (χ0n) is 13.3. The van der Waals surface area contributed by atoms with E-state index in [1.807, 2.05) is 6.33 Å². The first-order valence-electron chi connectivity index (χ1n) is 8.03. The van der Waals surface area contributed by atoms with Gasteiger partial charge in [-0.05, 0) is 44.5 Å². The molecule has 1 unspecified atom stereocenters. The molecule has 1 aromatic heterocycles. The Bertz CT molecular complexity index is 614. The summed E-state index contributed by atoms with van der Waals surface area (Å²) in [6.07, 6.45) is 5.45. The maximum atomic E-state index is 5.59. The first kappa shape index (κ1) is 14.4. The molecule has 1 aromatic carbocycles. The third-order valence-electron chi connectivity index (χ3n) is 4.45. The zero-order chi connectivity index (χ0) is 14.8. The highest BCUT2D eigenvalue weighted by atomic mass is 16.5. The van der Waals surface area contributed by atoms with E-state index in [1.165, 1.54) is 37.0 Å². The normalized spacial score (nSPS) is 17.6. The molecule has 0 amide bonds. The molecule has 0 saturated heterocycles. The molecule has 0 aliphatic carbocycles. The second-order valence-corrected chi connectivity index (χ2v) is 5.90. The van der Waals surface area contributed by atoms with Gasteiger partial charge in [0.15, 0.2) is 0 Å². The molecule has 0 N–H and O–H groups in total. The standard InChI is InChI=1S/C17H25N3O/c1-4-8-19(9-5-2)13-10-14-16(21-3)7-6-15-17(14)20(11-13)12-18-15/h6-7,12-13H,4-5,8-11H2,1-3H3. The Hall–Kier alpha value is -1.55. The lowest BCUT2D eigenvalue weighted by atomic mass is 9.98. The number of hydrogen-bond acceptors (Lipinski definition) is 3. The Morgan fingerprint density at radius 2 is 2.05 bits per heavy atom. The Morgan fingerprint density at radius 3 is 2.71 bits per heavy atom. The Kier molecular flexibility index (Phi) is 4.15. The number of hydrogen-bond donors (Lipinski definition) is 0. The number of imidazole rings is 1. The van der Waals surface area contributed by atoms with Crippen LogP contribution in [0.3, 0.4) is 0 Å². The van der Waals surface area contributed by atoms with E-state index >= 15 is 0 Å². The molecule has 4 heteroatoms. The van der Waals surface area contributed by atoms with E-state index in [0.717, 1.165) is 24.2 Å². The number of aromatic nitrogens is 2. The Morgan fingerprint density at radius 1 is 1.29 bits per heavy atom. The van der Waals surface area contributed by atoms with Gasteiger partial charge in [0.1, 0.15) is 5.75 Å². The first-order chi connectivity index (χ1) is 10.3. The highest BCUT2D eigenvalue weighted by Gasteiger charge is 2.27. The molecule has 0 fully saturated rings. The van der Waals surface area contributed by atoms with Crippen molar-refractivity contribution in [2.75, 3.05) is 20.2 Å². The van der Waals surface area contributed by atoms with Crippen molar-refractivity contribution in [2.45, 2.75) is 45.7 Å². The van der Waals surface area contributed by atoms with Gasteiger partial charge in [-0.1, -0.05) is 13.8 Å². The molecule has 1 aliphatic heterocycles. The highest BCUT2D eigenvalue weighted by molar-refractivity contribution is 5.82. The maximum absolute atomic E-state index is 5.59. The van der Waals surface area contributed by atoms with Crippen molar-refractivity contribution in [2.24, 2.45) is 0 Å². The minimum Gasteiger partial charge on any atom is -0.496 e. The third-order valence-corrected chi connectivity index (χ3v) is 4.45. The van der Waals surface area contributed by atoms with Crippen molar-refractivity contribution < 1.29 is 4.74 Å². The van der Waals surface area contributed by atoms with Gasteiger partial charge in [-0.25, -0.2) is 4.98 Å². The fraction of sp³-hybridized carbons (Fsp3) is 0.588. The van der Waals surface area contributed by atoms with E-state index < -0.39 is 0 Å². The minimum atomic E-state index is 0.547. The van der Waals surface area contributed by atoms with Crippen LogP contribution in [-0.2, 0) is 13.0 Å². The van der Waals surface area contributed by atoms with Gasteiger partial charge in [-0.3, -0.25) is 4.90 Å². The summed E-state index contributed by atoms with van der Waals surface area (Å²) in [6, 6.07) is 4.66. The van der Waals surface area contributed by atoms with Crippen LogP contribution in [0.4, 0.5) is 0 Å². The Balaban J connectivity index is 1.97. The van der Waals surface area contributed by atoms with Crippen LogP contribution in [0.25, 0.3) is 11.0 Å². The molecule has 3 rings (SSSR count). The molecule has 2 heterocycles. The van der Waals surface area contributed by atoms with E-state index in [9.17, 15) is 0 Å². The van der Waals surface area contributed by atoms with Crippen LogP contribution in [0.15, 0.2) is 18.5 Å². The molecule has 4 nitrogen and oxygen atoms in total. The van der Waals surface area contributed by atoms with Gasteiger partial charge in [-0.2, -0.15) is 0 Å². The van der Waals surface area contributed by atoms with Gasteiger partial charge in [0.25, 0.3) is 0 Å². The van der Waals surface area contributed by atoms with Crippen molar-refractivity contribution in [3.05, 3.63) is 24.0 Å². The predicted octanol–water partition coefficient (Wildman–Crippen LogP) is 3.09. The number of ether oxygens (including phenoxy) is 1. The summed E-state index contributed by atoms with van der Waals surface area (Å²) in [5.74, 6) is 1.00. The Labute approximate surface area is 126 Å². The second-order valence-electron chi connectivity index (χ2n) is 5.90. The van der Waals surface area contributed by atoms with Crippen LogP contribution in [0.2, 0.25) is 0 Å². The van der Waals surface area contributed by atoms with E-state index in [-0.39, 0.29) is 0 Å². The molecule has 0 bridgehead atoms. The largest absolute Gasteiger partial charge is 0.496 e. The van der Waals surface area contributed by atoms with Gasteiger partial charge < -0.3 is 9.30 Å². The van der Waals surface area contributed by atoms with Gasteiger partial charge in [0.05, 0.1) is 24.5 Å². The second kappa shape index (κ2) is 6.06. The lowest BCUT2D eigenvalue weighted by Gasteiger charge is -2.35. The van der Waals surface area contributed by atoms with E-state index in [2.05, 4.69) is 40.4 Å². The molecule has 0 spiro atoms. The molecule has 114 valence electrons. The van der Waals surface area contributed by atoms with Crippen LogP contribution in [0.5, 0.6) is 5.75 Å². The number of nitrogens with zero attached hydrogens (tertiary/aromatic N) is 3. The van der Waals surface area contributed by atoms with Crippen molar-refractivity contribution in [3.63, 3.8) is 0 Å². The van der Waals surface area contributed by atoms with E-state index in [0.29, 0.717) is 6.04 Å². The van der Waals surface area contributed by atoms with Gasteiger partial charge >= 0.3 is 0 Å². The van der Waals surface area contributed by atoms with Gasteiger partial charge in [0.2, 0.25) is 0 Å². The number of rotatable bonds is 6. The third kappa shape index (κ3) is 2.53. The molecule has 1 atom stereocenters. The minimum absolute atomic E-state index is 0.547. The predicted molar refractivity (Wildman–Crippen MR) is 85.9 cm³/mol. The van der Waals surface area contributed by atoms with E-state index in [1.54, 1.807) is 7.11 Å². The highest BCUT2D eigenvalue weighted by Crippen LogP contribution is 2.33. The van der Waals surface area contributed by atoms with Crippen LogP contribution in [-0.4, -0.2) is 40.7 Å². The van der Waals surface area contributed by atoms with Crippen LogP contribution >= 0.6 is 0 Å². The van der Waals surface area contributed by atoms with Gasteiger partial charge in [-0.15, -0.1) is 0 Å². The van der Waals surface area contributed by atoms with Crippen molar-refractivity contribution in [3.8, 4) is 5.75 Å². The van der Waals surface area contributed by atoms with E-state index in [4.69, 9.17) is 4.74 Å². The summed E-state index contributed by atoms with van der Waals surface area (Å²) >= 11 is 0. The van der Waals surface area contributed by atoms with Gasteiger partial charge in [0, 0.05) is 18.2 Å². The smallest absolute Gasteiger partial charge is 0.124 e. The summed E-state index contributed by atoms with van der Waals surface area (Å²) in [6.45, 7) is 7.89. The van der Waals surface area contributed by atoms with Crippen molar-refractivity contribution in [1.82, 2.24) is 14.5 Å². The summed E-state index contributed by atoms with van der Waals surface area (Å²) in [5.41, 5.74) is 3.67. The maximum Gasteiger partial charge on any atom is 0.124 e. The summed E-state index contributed by atoms with van der Waals surface area (Å²) in [4.78, 5) is 7.17. The van der Waals surface area contributed by atoms with Crippen molar-refractivity contribution >= 4 is 11.0 Å². The summed E-state index contributed by atoms with van der Waals surface area (Å²) in [7, 11) is 1.76. The average molecular weight is 287 g/mol. The van der Waals surface area contributed by atoms with Crippen molar-refractivity contribution in [1.29, 1.82) is 0 Å². The number of methoxy groups -OCH3 is 1. The average Bonchev–Trinajstić information content (AvgIpc) is 2.92. The SMILES string of the molecule is CCCN(CCC)C1Cc2c(OC)ccc3ncn(c23)C1. The lowest BCUT2D eigenvalue weighted by Crippen LogP contribution is -2.42. The lowest BCUT2D eigenvalue weighted by molar-refractivity contribution is 0.173. The monoisotopic (exact) mass is 287 g/mol. The summed E-state index contributed by atoms with van der Waals surface area (Å²) < 4.78 is 7.90. The van der Waals surface area contributed by atoms with Crippen LogP contribution < -0.4 is 4.74 Å². The quantitative estimate of drug-likeness (QED) is 0.818. The summed E-state index contributed by atoms with van der Waals surface area (Å²) in [5, 5.41) is 0. The fourth-order valence-electron chi connectivity index (χ4n) is 3.57. The molecule has 2 aromatic rings. The molecule has 0 radical (unpaired) electrons.